The van der Waals surface area contributed by atoms with Crippen LogP contribution in [0.15, 0.2) is 18.2 Å². The SMILES string of the molecule is CC(C)(N)c1ccc2nc(C3CC3)[nH]c2c1. The van der Waals surface area contributed by atoms with E-state index in [1.807, 2.05) is 13.8 Å². The lowest BCUT2D eigenvalue weighted by atomic mass is 9.95. The van der Waals surface area contributed by atoms with E-state index in [0.717, 1.165) is 22.4 Å². The van der Waals surface area contributed by atoms with Crippen molar-refractivity contribution >= 4 is 11.0 Å². The zero-order valence-corrected chi connectivity index (χ0v) is 9.75. The molecule has 1 fully saturated rings. The Labute approximate surface area is 95.1 Å². The Bertz CT molecular complexity index is 530. The van der Waals surface area contributed by atoms with Gasteiger partial charge in [-0.25, -0.2) is 4.98 Å². The normalized spacial score (nSPS) is 16.9. The molecule has 0 amide bonds. The number of rotatable bonds is 2. The summed E-state index contributed by atoms with van der Waals surface area (Å²) in [5, 5.41) is 0. The molecule has 0 unspecified atom stereocenters. The van der Waals surface area contributed by atoms with Gasteiger partial charge in [-0.2, -0.15) is 0 Å². The van der Waals surface area contributed by atoms with Gasteiger partial charge in [0.15, 0.2) is 0 Å². The molecule has 0 spiro atoms. The molecule has 16 heavy (non-hydrogen) atoms. The van der Waals surface area contributed by atoms with Crippen molar-refractivity contribution in [3.63, 3.8) is 0 Å². The van der Waals surface area contributed by atoms with Crippen LogP contribution in [-0.2, 0) is 5.54 Å². The summed E-state index contributed by atoms with van der Waals surface area (Å²) in [6.45, 7) is 4.04. The highest BCUT2D eigenvalue weighted by molar-refractivity contribution is 5.76. The Balaban J connectivity index is 2.10. The van der Waals surface area contributed by atoms with E-state index in [-0.39, 0.29) is 5.54 Å². The van der Waals surface area contributed by atoms with Crippen LogP contribution in [0.1, 0.15) is 44.0 Å². The van der Waals surface area contributed by atoms with Crippen LogP contribution in [0, 0.1) is 0 Å². The van der Waals surface area contributed by atoms with Crippen molar-refractivity contribution in [1.82, 2.24) is 9.97 Å². The second-order valence-corrected chi connectivity index (χ2v) is 5.35. The van der Waals surface area contributed by atoms with Gasteiger partial charge in [0.2, 0.25) is 0 Å². The molecule has 0 bridgehead atoms. The molecular formula is C13H17N3. The van der Waals surface area contributed by atoms with Crippen molar-refractivity contribution in [3.05, 3.63) is 29.6 Å². The number of imidazole rings is 1. The van der Waals surface area contributed by atoms with E-state index < -0.39 is 0 Å². The molecule has 1 aromatic heterocycles. The van der Waals surface area contributed by atoms with Crippen LogP contribution < -0.4 is 5.73 Å². The average molecular weight is 215 g/mol. The van der Waals surface area contributed by atoms with Gasteiger partial charge < -0.3 is 10.7 Å². The van der Waals surface area contributed by atoms with E-state index in [2.05, 4.69) is 28.2 Å². The highest BCUT2D eigenvalue weighted by atomic mass is 14.9. The highest BCUT2D eigenvalue weighted by Gasteiger charge is 2.27. The lowest BCUT2D eigenvalue weighted by molar-refractivity contribution is 0.555. The maximum absolute atomic E-state index is 6.09. The van der Waals surface area contributed by atoms with Crippen LogP contribution in [0.4, 0.5) is 0 Å². The summed E-state index contributed by atoms with van der Waals surface area (Å²) in [6.07, 6.45) is 2.55. The van der Waals surface area contributed by atoms with Crippen molar-refractivity contribution in [2.24, 2.45) is 5.73 Å². The molecule has 1 aliphatic carbocycles. The van der Waals surface area contributed by atoms with Crippen molar-refractivity contribution in [1.29, 1.82) is 0 Å². The summed E-state index contributed by atoms with van der Waals surface area (Å²) >= 11 is 0. The van der Waals surface area contributed by atoms with Crippen molar-refractivity contribution in [2.75, 3.05) is 0 Å². The van der Waals surface area contributed by atoms with Crippen LogP contribution in [0.5, 0.6) is 0 Å². The van der Waals surface area contributed by atoms with E-state index in [0.29, 0.717) is 5.92 Å². The number of fused-ring (bicyclic) bond motifs is 1. The van der Waals surface area contributed by atoms with Gasteiger partial charge in [-0.05, 0) is 44.4 Å². The number of aromatic nitrogens is 2. The lowest BCUT2D eigenvalue weighted by Gasteiger charge is -2.18. The quantitative estimate of drug-likeness (QED) is 0.809. The molecule has 1 aromatic carbocycles. The summed E-state index contributed by atoms with van der Waals surface area (Å²) in [5.41, 5.74) is 9.10. The van der Waals surface area contributed by atoms with E-state index in [4.69, 9.17) is 5.73 Å². The first-order chi connectivity index (χ1) is 7.54. The molecule has 0 radical (unpaired) electrons. The molecule has 0 aliphatic heterocycles. The second kappa shape index (κ2) is 3.08. The topological polar surface area (TPSA) is 54.7 Å². The number of nitrogens with two attached hydrogens (primary N) is 1. The van der Waals surface area contributed by atoms with Gasteiger partial charge >= 0.3 is 0 Å². The number of H-pyrrole nitrogens is 1. The second-order valence-electron chi connectivity index (χ2n) is 5.35. The van der Waals surface area contributed by atoms with Gasteiger partial charge in [-0.15, -0.1) is 0 Å². The molecule has 84 valence electrons. The predicted molar refractivity (Wildman–Crippen MR) is 65.3 cm³/mol. The molecule has 3 rings (SSSR count). The van der Waals surface area contributed by atoms with Gasteiger partial charge in [-0.1, -0.05) is 6.07 Å². The first-order valence-electron chi connectivity index (χ1n) is 5.83. The van der Waals surface area contributed by atoms with Crippen LogP contribution in [0.25, 0.3) is 11.0 Å². The highest BCUT2D eigenvalue weighted by Crippen LogP contribution is 2.39. The molecule has 3 N–H and O–H groups in total. The summed E-state index contributed by atoms with van der Waals surface area (Å²) in [4.78, 5) is 8.00. The number of nitrogens with zero attached hydrogens (tertiary/aromatic N) is 1. The fourth-order valence-corrected chi connectivity index (χ4v) is 1.98. The van der Waals surface area contributed by atoms with Crippen LogP contribution >= 0.6 is 0 Å². The number of hydrogen-bond donors (Lipinski definition) is 2. The number of hydrogen-bond acceptors (Lipinski definition) is 2. The fourth-order valence-electron chi connectivity index (χ4n) is 1.98. The molecule has 0 atom stereocenters. The third-order valence-electron chi connectivity index (χ3n) is 3.21. The molecular weight excluding hydrogens is 198 g/mol. The van der Waals surface area contributed by atoms with Crippen LogP contribution in [-0.4, -0.2) is 9.97 Å². The lowest BCUT2D eigenvalue weighted by Crippen LogP contribution is -2.28. The Hall–Kier alpha value is -1.35. The molecule has 2 aromatic rings. The van der Waals surface area contributed by atoms with Crippen LogP contribution in [0.3, 0.4) is 0 Å². The summed E-state index contributed by atoms with van der Waals surface area (Å²) in [6, 6.07) is 6.25. The van der Waals surface area contributed by atoms with Crippen molar-refractivity contribution in [3.8, 4) is 0 Å². The molecule has 3 heteroatoms. The molecule has 0 saturated heterocycles. The number of aromatic amines is 1. The summed E-state index contributed by atoms with van der Waals surface area (Å²) < 4.78 is 0. The molecule has 1 saturated carbocycles. The first kappa shape index (κ1) is 9.85. The molecule has 1 aliphatic rings. The Morgan fingerprint density at radius 1 is 1.38 bits per heavy atom. The monoisotopic (exact) mass is 215 g/mol. The Morgan fingerprint density at radius 3 is 2.75 bits per heavy atom. The standard InChI is InChI=1S/C13H17N3/c1-13(2,14)9-5-6-10-11(7-9)16-12(15-10)8-3-4-8/h5-8H,3-4,14H2,1-2H3,(H,15,16). The third-order valence-corrected chi connectivity index (χ3v) is 3.21. The smallest absolute Gasteiger partial charge is 0.110 e. The van der Waals surface area contributed by atoms with E-state index in [1.54, 1.807) is 0 Å². The Morgan fingerprint density at radius 2 is 2.12 bits per heavy atom. The minimum atomic E-state index is -0.293. The maximum atomic E-state index is 6.09. The van der Waals surface area contributed by atoms with Gasteiger partial charge in [0.25, 0.3) is 0 Å². The fraction of sp³-hybridized carbons (Fsp3) is 0.462. The summed E-state index contributed by atoms with van der Waals surface area (Å²) in [7, 11) is 0. The van der Waals surface area contributed by atoms with Gasteiger partial charge in [0.05, 0.1) is 11.0 Å². The van der Waals surface area contributed by atoms with Gasteiger partial charge in [-0.3, -0.25) is 0 Å². The minimum Gasteiger partial charge on any atom is -0.342 e. The maximum Gasteiger partial charge on any atom is 0.110 e. The molecule has 1 heterocycles. The minimum absolute atomic E-state index is 0.293. The van der Waals surface area contributed by atoms with Gasteiger partial charge in [0.1, 0.15) is 5.82 Å². The summed E-state index contributed by atoms with van der Waals surface area (Å²) in [5.74, 6) is 1.81. The number of nitrogens with one attached hydrogen (secondary N) is 1. The average Bonchev–Trinajstić information content (AvgIpc) is 2.96. The number of benzene rings is 1. The van der Waals surface area contributed by atoms with Crippen molar-refractivity contribution in [2.45, 2.75) is 38.1 Å². The van der Waals surface area contributed by atoms with E-state index in [9.17, 15) is 0 Å². The van der Waals surface area contributed by atoms with E-state index >= 15 is 0 Å². The van der Waals surface area contributed by atoms with E-state index in [1.165, 1.54) is 12.8 Å². The van der Waals surface area contributed by atoms with Crippen LogP contribution in [0.2, 0.25) is 0 Å². The zero-order chi connectivity index (χ0) is 11.3. The largest absolute Gasteiger partial charge is 0.342 e. The molecule has 3 nitrogen and oxygen atoms in total. The zero-order valence-electron chi connectivity index (χ0n) is 9.75. The predicted octanol–water partition coefficient (Wildman–Crippen LogP) is 2.63. The first-order valence-corrected chi connectivity index (χ1v) is 5.83. The van der Waals surface area contributed by atoms with Crippen molar-refractivity contribution < 1.29 is 0 Å². The Kier molecular flexibility index (Phi) is 1.89. The third kappa shape index (κ3) is 1.61. The van der Waals surface area contributed by atoms with Gasteiger partial charge in [0, 0.05) is 11.5 Å².